The van der Waals surface area contributed by atoms with Crippen LogP contribution in [0.4, 0.5) is 23.0 Å². The lowest BCUT2D eigenvalue weighted by molar-refractivity contribution is 0.549. The topological polar surface area (TPSA) is 67.1 Å². The lowest BCUT2D eigenvalue weighted by atomic mass is 10.1. The van der Waals surface area contributed by atoms with Crippen molar-refractivity contribution >= 4 is 46.2 Å². The molecule has 2 aromatic rings. The second-order valence-electron chi connectivity index (χ2n) is 6.90. The van der Waals surface area contributed by atoms with Crippen molar-refractivity contribution in [2.45, 2.75) is 27.7 Å². The summed E-state index contributed by atoms with van der Waals surface area (Å²) in [4.78, 5) is 10.9. The van der Waals surface area contributed by atoms with Crippen LogP contribution in [0.1, 0.15) is 27.7 Å². The minimum absolute atomic E-state index is 0.496. The zero-order valence-electron chi connectivity index (χ0n) is 15.1. The van der Waals surface area contributed by atoms with Crippen molar-refractivity contribution in [1.82, 2.24) is 9.97 Å². The van der Waals surface area contributed by atoms with Gasteiger partial charge in [0.25, 0.3) is 0 Å². The summed E-state index contributed by atoms with van der Waals surface area (Å²) >= 11 is 12.2. The molecule has 0 atom stereocenters. The predicted molar refractivity (Wildman–Crippen MR) is 108 cm³/mol. The van der Waals surface area contributed by atoms with Gasteiger partial charge in [-0.1, -0.05) is 50.9 Å². The van der Waals surface area contributed by atoms with Crippen molar-refractivity contribution < 1.29 is 0 Å². The molecule has 0 bridgehead atoms. The van der Waals surface area contributed by atoms with E-state index in [0.29, 0.717) is 39.1 Å². The van der Waals surface area contributed by atoms with Crippen LogP contribution in [0.15, 0.2) is 24.5 Å². The quantitative estimate of drug-likeness (QED) is 0.687. The first-order valence-electron chi connectivity index (χ1n) is 8.35. The zero-order valence-corrected chi connectivity index (χ0v) is 16.6. The number of aromatic nitrogens is 2. The molecule has 3 N–H and O–H groups in total. The van der Waals surface area contributed by atoms with Gasteiger partial charge in [-0.25, -0.2) is 9.97 Å². The number of rotatable bonds is 7. The number of nitrogens with one attached hydrogen (secondary N) is 1. The van der Waals surface area contributed by atoms with Crippen molar-refractivity contribution in [2.75, 3.05) is 29.0 Å². The first-order chi connectivity index (χ1) is 11.8. The summed E-state index contributed by atoms with van der Waals surface area (Å²) in [6.45, 7) is 10.5. The number of nitrogens with two attached hydrogens (primary N) is 1. The van der Waals surface area contributed by atoms with E-state index in [1.165, 1.54) is 6.33 Å². The second-order valence-corrected chi connectivity index (χ2v) is 7.75. The Kier molecular flexibility index (Phi) is 6.73. The maximum atomic E-state index is 6.37. The predicted octanol–water partition coefficient (Wildman–Crippen LogP) is 5.23. The Hall–Kier alpha value is -1.72. The van der Waals surface area contributed by atoms with Crippen LogP contribution in [0.3, 0.4) is 0 Å². The average molecular weight is 382 g/mol. The molecule has 0 unspecified atom stereocenters. The number of halogens is 2. The van der Waals surface area contributed by atoms with Gasteiger partial charge in [0.2, 0.25) is 0 Å². The van der Waals surface area contributed by atoms with Gasteiger partial charge in [0, 0.05) is 18.1 Å². The molecule has 7 heteroatoms. The van der Waals surface area contributed by atoms with Crippen LogP contribution in [-0.2, 0) is 0 Å². The molecule has 0 saturated heterocycles. The van der Waals surface area contributed by atoms with Crippen molar-refractivity contribution in [2.24, 2.45) is 11.8 Å². The van der Waals surface area contributed by atoms with Crippen LogP contribution < -0.4 is 16.0 Å². The largest absolute Gasteiger partial charge is 0.393 e. The maximum absolute atomic E-state index is 6.37. The van der Waals surface area contributed by atoms with E-state index in [9.17, 15) is 0 Å². The monoisotopic (exact) mass is 381 g/mol. The summed E-state index contributed by atoms with van der Waals surface area (Å²) in [6.07, 6.45) is 1.52. The van der Waals surface area contributed by atoms with Crippen LogP contribution in [0.2, 0.25) is 10.0 Å². The molecule has 0 amide bonds. The van der Waals surface area contributed by atoms with Gasteiger partial charge in [0.1, 0.15) is 12.0 Å². The lowest BCUT2D eigenvalue weighted by Crippen LogP contribution is -2.32. The van der Waals surface area contributed by atoms with Gasteiger partial charge in [0.05, 0.1) is 10.7 Å². The summed E-state index contributed by atoms with van der Waals surface area (Å²) in [5.74, 6) is 2.27. The number of hydrogen-bond acceptors (Lipinski definition) is 5. The summed E-state index contributed by atoms with van der Waals surface area (Å²) in [5.41, 5.74) is 7.57. The summed E-state index contributed by atoms with van der Waals surface area (Å²) in [6, 6.07) is 5.23. The molecule has 0 saturated carbocycles. The molecule has 0 aliphatic carbocycles. The Labute approximate surface area is 159 Å². The summed E-state index contributed by atoms with van der Waals surface area (Å²) in [5, 5.41) is 4.26. The van der Waals surface area contributed by atoms with E-state index >= 15 is 0 Å². The van der Waals surface area contributed by atoms with Gasteiger partial charge in [-0.3, -0.25) is 0 Å². The molecule has 136 valence electrons. The third-order valence-corrected chi connectivity index (χ3v) is 4.07. The molecule has 5 nitrogen and oxygen atoms in total. The molecule has 0 aliphatic rings. The third kappa shape index (κ3) is 5.38. The van der Waals surface area contributed by atoms with Crippen molar-refractivity contribution in [1.29, 1.82) is 0 Å². The van der Waals surface area contributed by atoms with Gasteiger partial charge >= 0.3 is 0 Å². The number of anilines is 4. The first-order valence-corrected chi connectivity index (χ1v) is 9.11. The average Bonchev–Trinajstić information content (AvgIpc) is 2.50. The third-order valence-electron chi connectivity index (χ3n) is 3.52. The molecule has 0 fully saturated rings. The Balaban J connectivity index is 2.33. The SMILES string of the molecule is CC(C)CN(CC(C)C)c1ncnc(Nc2ccc(Cl)cc2Cl)c1N. The number of benzene rings is 1. The molecule has 1 aromatic heterocycles. The van der Waals surface area contributed by atoms with Crippen LogP contribution in [0, 0.1) is 11.8 Å². The van der Waals surface area contributed by atoms with Gasteiger partial charge in [0.15, 0.2) is 11.6 Å². The second kappa shape index (κ2) is 8.59. The zero-order chi connectivity index (χ0) is 18.6. The van der Waals surface area contributed by atoms with Crippen molar-refractivity contribution in [3.63, 3.8) is 0 Å². The molecule has 0 radical (unpaired) electrons. The Bertz CT molecular complexity index is 709. The highest BCUT2D eigenvalue weighted by Crippen LogP contribution is 2.33. The molecule has 1 heterocycles. The van der Waals surface area contributed by atoms with Gasteiger partial charge in [-0.05, 0) is 30.0 Å². The normalized spacial score (nSPS) is 11.2. The fraction of sp³-hybridized carbons (Fsp3) is 0.444. The minimum Gasteiger partial charge on any atom is -0.393 e. The molecule has 1 aromatic carbocycles. The molecule has 2 rings (SSSR count). The van der Waals surface area contributed by atoms with Crippen molar-refractivity contribution in [3.05, 3.63) is 34.6 Å². The fourth-order valence-electron chi connectivity index (χ4n) is 2.59. The number of nitrogens with zero attached hydrogens (tertiary/aromatic N) is 3. The van der Waals surface area contributed by atoms with E-state index in [2.05, 4.69) is 47.9 Å². The van der Waals surface area contributed by atoms with E-state index in [4.69, 9.17) is 28.9 Å². The molecular weight excluding hydrogens is 357 g/mol. The molecule has 25 heavy (non-hydrogen) atoms. The number of hydrogen-bond donors (Lipinski definition) is 2. The van der Waals surface area contributed by atoms with Gasteiger partial charge in [-0.2, -0.15) is 0 Å². The Morgan fingerprint density at radius 2 is 1.72 bits per heavy atom. The smallest absolute Gasteiger partial charge is 0.159 e. The van der Waals surface area contributed by atoms with Crippen LogP contribution in [-0.4, -0.2) is 23.1 Å². The first kappa shape index (κ1) is 19.6. The summed E-state index contributed by atoms with van der Waals surface area (Å²) in [7, 11) is 0. The summed E-state index contributed by atoms with van der Waals surface area (Å²) < 4.78 is 0. The van der Waals surface area contributed by atoms with Gasteiger partial charge < -0.3 is 16.0 Å². The molecule has 0 aliphatic heterocycles. The Morgan fingerprint density at radius 1 is 1.08 bits per heavy atom. The van der Waals surface area contributed by atoms with E-state index in [1.54, 1.807) is 18.2 Å². The van der Waals surface area contributed by atoms with Crippen LogP contribution >= 0.6 is 23.2 Å². The van der Waals surface area contributed by atoms with Gasteiger partial charge in [-0.15, -0.1) is 0 Å². The van der Waals surface area contributed by atoms with E-state index in [-0.39, 0.29) is 0 Å². The van der Waals surface area contributed by atoms with Crippen LogP contribution in [0.25, 0.3) is 0 Å². The maximum Gasteiger partial charge on any atom is 0.159 e. The van der Waals surface area contributed by atoms with Crippen LogP contribution in [0.5, 0.6) is 0 Å². The van der Waals surface area contributed by atoms with E-state index in [0.717, 1.165) is 18.9 Å². The van der Waals surface area contributed by atoms with E-state index < -0.39 is 0 Å². The van der Waals surface area contributed by atoms with E-state index in [1.807, 2.05) is 0 Å². The lowest BCUT2D eigenvalue weighted by Gasteiger charge is -2.28. The standard InChI is InChI=1S/C18H25Cl2N5/c1-11(2)8-25(9-12(3)4)18-16(21)17(22-10-23-18)24-15-6-5-13(19)7-14(15)20/h5-7,10-12H,8-9,21H2,1-4H3,(H,22,23,24). The highest BCUT2D eigenvalue weighted by molar-refractivity contribution is 6.36. The fourth-order valence-corrected chi connectivity index (χ4v) is 3.04. The molecular formula is C18H25Cl2N5. The molecule has 0 spiro atoms. The Morgan fingerprint density at radius 3 is 2.28 bits per heavy atom. The number of nitrogen functional groups attached to an aromatic ring is 1. The highest BCUT2D eigenvalue weighted by atomic mass is 35.5. The highest BCUT2D eigenvalue weighted by Gasteiger charge is 2.18. The van der Waals surface area contributed by atoms with Crippen molar-refractivity contribution in [3.8, 4) is 0 Å². The minimum atomic E-state index is 0.496.